The minimum Gasteiger partial charge on any atom is -0.351 e. The molecule has 2 fully saturated rings. The van der Waals surface area contributed by atoms with Gasteiger partial charge in [0.1, 0.15) is 0 Å². The molecule has 0 bridgehead atoms. The van der Waals surface area contributed by atoms with Gasteiger partial charge in [-0.25, -0.2) is 0 Å². The van der Waals surface area contributed by atoms with Gasteiger partial charge in [-0.05, 0) is 49.9 Å². The summed E-state index contributed by atoms with van der Waals surface area (Å²) in [6.07, 6.45) is 2.39. The minimum absolute atomic E-state index is 0.0443. The first-order chi connectivity index (χ1) is 9.54. The lowest BCUT2D eigenvalue weighted by Crippen LogP contribution is -2.38. The number of carbonyl (C=O) groups excluding carboxylic acids is 2. The van der Waals surface area contributed by atoms with Crippen LogP contribution >= 0.6 is 0 Å². The first-order valence-corrected chi connectivity index (χ1v) is 7.22. The fourth-order valence-electron chi connectivity index (χ4n) is 2.61. The molecular formula is C16H20N2O2. The molecule has 1 aromatic rings. The van der Waals surface area contributed by atoms with E-state index in [4.69, 9.17) is 0 Å². The van der Waals surface area contributed by atoms with Gasteiger partial charge in [-0.3, -0.25) is 9.59 Å². The molecule has 0 aromatic heterocycles. The van der Waals surface area contributed by atoms with Crippen LogP contribution in [0.1, 0.15) is 30.4 Å². The lowest BCUT2D eigenvalue weighted by atomic mass is 10.1. The highest BCUT2D eigenvalue weighted by Gasteiger charge is 2.35. The van der Waals surface area contributed by atoms with Crippen molar-refractivity contribution in [3.63, 3.8) is 0 Å². The van der Waals surface area contributed by atoms with Gasteiger partial charge < -0.3 is 10.2 Å². The van der Waals surface area contributed by atoms with Crippen molar-refractivity contribution in [2.75, 3.05) is 11.4 Å². The van der Waals surface area contributed by atoms with Gasteiger partial charge >= 0.3 is 0 Å². The van der Waals surface area contributed by atoms with Crippen LogP contribution in [0.15, 0.2) is 18.2 Å². The molecule has 1 heterocycles. The van der Waals surface area contributed by atoms with Crippen LogP contribution in [0.2, 0.25) is 0 Å². The quantitative estimate of drug-likeness (QED) is 0.914. The van der Waals surface area contributed by atoms with E-state index >= 15 is 0 Å². The summed E-state index contributed by atoms with van der Waals surface area (Å²) < 4.78 is 0. The second kappa shape index (κ2) is 4.93. The topological polar surface area (TPSA) is 49.4 Å². The number of aryl methyl sites for hydroxylation is 2. The number of amides is 2. The van der Waals surface area contributed by atoms with Gasteiger partial charge in [0.15, 0.2) is 0 Å². The second-order valence-corrected chi connectivity index (χ2v) is 5.96. The Morgan fingerprint density at radius 3 is 2.65 bits per heavy atom. The predicted octanol–water partition coefficient (Wildman–Crippen LogP) is 1.93. The van der Waals surface area contributed by atoms with Gasteiger partial charge in [-0.15, -0.1) is 0 Å². The second-order valence-electron chi connectivity index (χ2n) is 5.96. The van der Waals surface area contributed by atoms with Gasteiger partial charge in [0, 0.05) is 24.6 Å². The molecule has 1 aliphatic heterocycles. The predicted molar refractivity (Wildman–Crippen MR) is 77.5 cm³/mol. The SMILES string of the molecule is Cc1ccc(N2C[C@@H](NC(=O)C3CC3)CC2=O)cc1C. The summed E-state index contributed by atoms with van der Waals surface area (Å²) in [4.78, 5) is 25.7. The summed E-state index contributed by atoms with van der Waals surface area (Å²) in [7, 11) is 0. The Kier molecular flexibility index (Phi) is 3.24. The summed E-state index contributed by atoms with van der Waals surface area (Å²) in [5.74, 6) is 0.403. The molecule has 1 aliphatic carbocycles. The van der Waals surface area contributed by atoms with Crippen molar-refractivity contribution >= 4 is 17.5 Å². The average molecular weight is 272 g/mol. The highest BCUT2D eigenvalue weighted by atomic mass is 16.2. The number of benzene rings is 1. The monoisotopic (exact) mass is 272 g/mol. The zero-order valence-corrected chi connectivity index (χ0v) is 12.0. The first kappa shape index (κ1) is 13.2. The third-order valence-electron chi connectivity index (χ3n) is 4.22. The van der Waals surface area contributed by atoms with E-state index in [0.29, 0.717) is 13.0 Å². The van der Waals surface area contributed by atoms with Gasteiger partial charge in [0.2, 0.25) is 11.8 Å². The highest BCUT2D eigenvalue weighted by molar-refractivity contribution is 5.97. The summed E-state index contributed by atoms with van der Waals surface area (Å²) in [5, 5.41) is 3.00. The maximum absolute atomic E-state index is 12.1. The number of hydrogen-bond acceptors (Lipinski definition) is 2. The summed E-state index contributed by atoms with van der Waals surface area (Å²) >= 11 is 0. The van der Waals surface area contributed by atoms with Crippen molar-refractivity contribution < 1.29 is 9.59 Å². The summed E-state index contributed by atoms with van der Waals surface area (Å²) in [6.45, 7) is 4.69. The Morgan fingerprint density at radius 2 is 2.00 bits per heavy atom. The molecule has 1 atom stereocenters. The Morgan fingerprint density at radius 1 is 1.25 bits per heavy atom. The molecule has 4 nitrogen and oxygen atoms in total. The zero-order valence-electron chi connectivity index (χ0n) is 12.0. The molecule has 2 aliphatic rings. The molecule has 1 saturated heterocycles. The van der Waals surface area contributed by atoms with Crippen molar-refractivity contribution in [2.45, 2.75) is 39.2 Å². The molecule has 0 radical (unpaired) electrons. The van der Waals surface area contributed by atoms with Crippen LogP contribution in [0.25, 0.3) is 0 Å². The fourth-order valence-corrected chi connectivity index (χ4v) is 2.61. The van der Waals surface area contributed by atoms with Gasteiger partial charge in [-0.1, -0.05) is 6.07 Å². The van der Waals surface area contributed by atoms with Crippen LogP contribution in [0.4, 0.5) is 5.69 Å². The normalized spacial score (nSPS) is 22.2. The molecule has 0 spiro atoms. The maximum atomic E-state index is 12.1. The molecule has 2 amide bonds. The number of nitrogens with zero attached hydrogens (tertiary/aromatic N) is 1. The molecule has 4 heteroatoms. The minimum atomic E-state index is -0.0443. The van der Waals surface area contributed by atoms with Crippen LogP contribution in [0.3, 0.4) is 0 Å². The van der Waals surface area contributed by atoms with E-state index in [1.165, 1.54) is 11.1 Å². The number of carbonyl (C=O) groups is 2. The van der Waals surface area contributed by atoms with E-state index in [2.05, 4.69) is 12.2 Å². The molecular weight excluding hydrogens is 252 g/mol. The standard InChI is InChI=1S/C16H20N2O2/c1-10-3-6-14(7-11(10)2)18-9-13(8-15(18)19)17-16(20)12-4-5-12/h3,6-7,12-13H,4-5,8-9H2,1-2H3,(H,17,20)/t13-/m0/s1. The van der Waals surface area contributed by atoms with E-state index in [0.717, 1.165) is 18.5 Å². The van der Waals surface area contributed by atoms with E-state index in [9.17, 15) is 9.59 Å². The van der Waals surface area contributed by atoms with E-state index in [-0.39, 0.29) is 23.8 Å². The van der Waals surface area contributed by atoms with Crippen molar-refractivity contribution in [1.29, 1.82) is 0 Å². The van der Waals surface area contributed by atoms with Crippen LogP contribution in [0, 0.1) is 19.8 Å². The lowest BCUT2D eigenvalue weighted by molar-refractivity contribution is -0.122. The first-order valence-electron chi connectivity index (χ1n) is 7.22. The molecule has 0 unspecified atom stereocenters. The zero-order chi connectivity index (χ0) is 14.3. The Bertz CT molecular complexity index is 564. The molecule has 1 aromatic carbocycles. The molecule has 20 heavy (non-hydrogen) atoms. The number of nitrogens with one attached hydrogen (secondary N) is 1. The fraction of sp³-hybridized carbons (Fsp3) is 0.500. The molecule has 3 rings (SSSR count). The van der Waals surface area contributed by atoms with E-state index in [1.54, 1.807) is 4.90 Å². The van der Waals surface area contributed by atoms with Crippen molar-refractivity contribution in [3.05, 3.63) is 29.3 Å². The highest BCUT2D eigenvalue weighted by Crippen LogP contribution is 2.30. The van der Waals surface area contributed by atoms with Crippen LogP contribution < -0.4 is 10.2 Å². The van der Waals surface area contributed by atoms with Crippen molar-refractivity contribution in [1.82, 2.24) is 5.32 Å². The van der Waals surface area contributed by atoms with Crippen molar-refractivity contribution in [3.8, 4) is 0 Å². The smallest absolute Gasteiger partial charge is 0.229 e. The Labute approximate surface area is 119 Å². The van der Waals surface area contributed by atoms with Crippen LogP contribution in [0.5, 0.6) is 0 Å². The largest absolute Gasteiger partial charge is 0.351 e. The summed E-state index contributed by atoms with van der Waals surface area (Å²) in [6, 6.07) is 6.01. The Hall–Kier alpha value is -1.84. The Balaban J connectivity index is 1.69. The van der Waals surface area contributed by atoms with Crippen LogP contribution in [-0.4, -0.2) is 24.4 Å². The average Bonchev–Trinajstić information content (AvgIpc) is 3.18. The van der Waals surface area contributed by atoms with E-state index in [1.807, 2.05) is 25.1 Å². The molecule has 1 N–H and O–H groups in total. The van der Waals surface area contributed by atoms with Crippen LogP contribution in [-0.2, 0) is 9.59 Å². The molecule has 1 saturated carbocycles. The van der Waals surface area contributed by atoms with Gasteiger partial charge in [0.05, 0.1) is 6.04 Å². The number of hydrogen-bond donors (Lipinski definition) is 1. The molecule has 106 valence electrons. The van der Waals surface area contributed by atoms with Gasteiger partial charge in [0.25, 0.3) is 0 Å². The number of anilines is 1. The van der Waals surface area contributed by atoms with E-state index < -0.39 is 0 Å². The maximum Gasteiger partial charge on any atom is 0.229 e. The summed E-state index contributed by atoms with van der Waals surface area (Å²) in [5.41, 5.74) is 3.33. The van der Waals surface area contributed by atoms with Gasteiger partial charge in [-0.2, -0.15) is 0 Å². The number of rotatable bonds is 3. The third-order valence-corrected chi connectivity index (χ3v) is 4.22. The van der Waals surface area contributed by atoms with Crippen molar-refractivity contribution in [2.24, 2.45) is 5.92 Å². The lowest BCUT2D eigenvalue weighted by Gasteiger charge is -2.18. The third kappa shape index (κ3) is 2.55.